The van der Waals surface area contributed by atoms with Crippen molar-refractivity contribution in [2.24, 2.45) is 0 Å². The van der Waals surface area contributed by atoms with Crippen LogP contribution in [0.5, 0.6) is 0 Å². The molecule has 3 rings (SSSR count). The Labute approximate surface area is 118 Å². The minimum absolute atomic E-state index is 0.0272. The van der Waals surface area contributed by atoms with Gasteiger partial charge in [-0.1, -0.05) is 12.8 Å². The second-order valence-electron chi connectivity index (χ2n) is 5.56. The normalized spacial score (nSPS) is 24.9. The summed E-state index contributed by atoms with van der Waals surface area (Å²) in [6.45, 7) is 3.19. The fourth-order valence-electron chi connectivity index (χ4n) is 3.63. The molecular weight excluding hydrogens is 254 g/mol. The molecule has 106 valence electrons. The Kier molecular flexibility index (Phi) is 3.20. The van der Waals surface area contributed by atoms with E-state index in [1.54, 1.807) is 26.2 Å². The number of amides is 2. The molecule has 0 N–H and O–H groups in total. The maximum absolute atomic E-state index is 12.1. The Morgan fingerprint density at radius 2 is 1.60 bits per heavy atom. The topological polar surface area (TPSA) is 53.5 Å². The minimum Gasteiger partial charge on any atom is -0.305 e. The Balaban J connectivity index is 2.17. The van der Waals surface area contributed by atoms with Crippen LogP contribution in [-0.4, -0.2) is 28.9 Å². The maximum Gasteiger partial charge on any atom is 0.224 e. The maximum atomic E-state index is 12.1. The Morgan fingerprint density at radius 1 is 1.05 bits per heavy atom. The van der Waals surface area contributed by atoms with Crippen LogP contribution in [0.25, 0.3) is 0 Å². The summed E-state index contributed by atoms with van der Waals surface area (Å²) in [4.78, 5) is 32.0. The van der Waals surface area contributed by atoms with Crippen molar-refractivity contribution >= 4 is 23.2 Å². The molecule has 2 aliphatic rings. The number of hydrogen-bond acceptors (Lipinski definition) is 3. The molecule has 20 heavy (non-hydrogen) atoms. The van der Waals surface area contributed by atoms with Gasteiger partial charge in [0.15, 0.2) is 0 Å². The summed E-state index contributed by atoms with van der Waals surface area (Å²) < 4.78 is 0. The first-order chi connectivity index (χ1) is 9.61. The van der Waals surface area contributed by atoms with Gasteiger partial charge >= 0.3 is 0 Å². The van der Waals surface area contributed by atoms with Gasteiger partial charge in [-0.15, -0.1) is 0 Å². The summed E-state index contributed by atoms with van der Waals surface area (Å²) in [7, 11) is 0. The molecule has 0 unspecified atom stereocenters. The van der Waals surface area contributed by atoms with Crippen LogP contribution < -0.4 is 9.80 Å². The van der Waals surface area contributed by atoms with E-state index < -0.39 is 0 Å². The minimum atomic E-state index is 0.0272. The van der Waals surface area contributed by atoms with E-state index in [-0.39, 0.29) is 23.9 Å². The smallest absolute Gasteiger partial charge is 0.224 e. The zero-order chi connectivity index (χ0) is 14.3. The number of nitrogens with zero attached hydrogens (tertiary/aromatic N) is 3. The molecule has 2 heterocycles. The van der Waals surface area contributed by atoms with Gasteiger partial charge in [0, 0.05) is 20.0 Å². The van der Waals surface area contributed by atoms with Gasteiger partial charge in [-0.3, -0.25) is 14.6 Å². The molecule has 1 aliphatic carbocycles. The lowest BCUT2D eigenvalue weighted by molar-refractivity contribution is -0.119. The van der Waals surface area contributed by atoms with E-state index in [2.05, 4.69) is 4.98 Å². The number of hydrogen-bond donors (Lipinski definition) is 0. The highest BCUT2D eigenvalue weighted by molar-refractivity contribution is 6.03. The number of aromatic nitrogens is 1. The molecule has 5 nitrogen and oxygen atoms in total. The van der Waals surface area contributed by atoms with Crippen molar-refractivity contribution in [2.45, 2.75) is 51.6 Å². The number of rotatable bonds is 0. The van der Waals surface area contributed by atoms with Crippen LogP contribution in [0.4, 0.5) is 11.4 Å². The van der Waals surface area contributed by atoms with Gasteiger partial charge in [-0.2, -0.15) is 0 Å². The van der Waals surface area contributed by atoms with E-state index in [1.807, 2.05) is 15.9 Å². The Bertz CT molecular complexity index is 509. The zero-order valence-electron chi connectivity index (χ0n) is 11.9. The van der Waals surface area contributed by atoms with Crippen molar-refractivity contribution < 1.29 is 9.59 Å². The van der Waals surface area contributed by atoms with Crippen molar-refractivity contribution in [3.05, 3.63) is 18.5 Å². The van der Waals surface area contributed by atoms with Gasteiger partial charge in [0.2, 0.25) is 11.8 Å². The summed E-state index contributed by atoms with van der Waals surface area (Å²) in [5.74, 6) is 0.0666. The largest absolute Gasteiger partial charge is 0.305 e. The van der Waals surface area contributed by atoms with Crippen molar-refractivity contribution in [2.75, 3.05) is 9.80 Å². The van der Waals surface area contributed by atoms with Gasteiger partial charge in [0.1, 0.15) is 0 Å². The van der Waals surface area contributed by atoms with Crippen LogP contribution in [0.15, 0.2) is 18.5 Å². The quantitative estimate of drug-likeness (QED) is 0.727. The predicted molar refractivity (Wildman–Crippen MR) is 76.6 cm³/mol. The van der Waals surface area contributed by atoms with E-state index in [4.69, 9.17) is 0 Å². The molecule has 0 bridgehead atoms. The third-order valence-corrected chi connectivity index (χ3v) is 4.33. The molecule has 0 aromatic carbocycles. The average Bonchev–Trinajstić information content (AvgIpc) is 2.43. The number of pyridine rings is 1. The summed E-state index contributed by atoms with van der Waals surface area (Å²) in [6, 6.07) is 2.01. The number of fused-ring (bicyclic) bond motifs is 2. The zero-order valence-corrected chi connectivity index (χ0v) is 11.9. The summed E-state index contributed by atoms with van der Waals surface area (Å²) in [5, 5.41) is 0. The second-order valence-corrected chi connectivity index (χ2v) is 5.56. The van der Waals surface area contributed by atoms with Crippen molar-refractivity contribution in [1.82, 2.24) is 4.98 Å². The lowest BCUT2D eigenvalue weighted by atomic mass is 9.85. The molecule has 2 amide bonds. The van der Waals surface area contributed by atoms with Crippen molar-refractivity contribution in [1.29, 1.82) is 0 Å². The van der Waals surface area contributed by atoms with Crippen LogP contribution in [0, 0.1) is 0 Å². The summed E-state index contributed by atoms with van der Waals surface area (Å²) in [6.07, 6.45) is 7.48. The monoisotopic (exact) mass is 273 g/mol. The fourth-order valence-corrected chi connectivity index (χ4v) is 3.63. The SMILES string of the molecule is CC(=O)N1c2cnccc2N(C(C)=O)[C@H]2CCCC[C@H]21. The van der Waals surface area contributed by atoms with E-state index in [0.717, 1.165) is 37.1 Å². The van der Waals surface area contributed by atoms with Gasteiger partial charge < -0.3 is 9.80 Å². The van der Waals surface area contributed by atoms with Gasteiger partial charge in [0.25, 0.3) is 0 Å². The van der Waals surface area contributed by atoms with E-state index in [1.165, 1.54) is 0 Å². The van der Waals surface area contributed by atoms with E-state index >= 15 is 0 Å². The molecule has 1 fully saturated rings. The predicted octanol–water partition coefficient (Wildman–Crippen LogP) is 2.11. The molecule has 1 aromatic heterocycles. The van der Waals surface area contributed by atoms with Crippen LogP contribution >= 0.6 is 0 Å². The molecule has 0 saturated heterocycles. The van der Waals surface area contributed by atoms with Crippen LogP contribution in [0.3, 0.4) is 0 Å². The fraction of sp³-hybridized carbons (Fsp3) is 0.533. The summed E-state index contributed by atoms with van der Waals surface area (Å²) in [5.41, 5.74) is 1.57. The lowest BCUT2D eigenvalue weighted by Gasteiger charge is -2.49. The highest BCUT2D eigenvalue weighted by atomic mass is 16.2. The number of carbonyl (C=O) groups excluding carboxylic acids is 2. The molecule has 0 radical (unpaired) electrons. The van der Waals surface area contributed by atoms with Crippen molar-refractivity contribution in [3.63, 3.8) is 0 Å². The molecular formula is C15H19N3O2. The second kappa shape index (κ2) is 4.89. The van der Waals surface area contributed by atoms with Crippen molar-refractivity contribution in [3.8, 4) is 0 Å². The van der Waals surface area contributed by atoms with Crippen LogP contribution in [0.1, 0.15) is 39.5 Å². The molecule has 2 atom stereocenters. The van der Waals surface area contributed by atoms with Gasteiger partial charge in [-0.25, -0.2) is 0 Å². The highest BCUT2D eigenvalue weighted by Crippen LogP contribution is 2.42. The molecule has 1 saturated carbocycles. The third kappa shape index (κ3) is 1.88. The van der Waals surface area contributed by atoms with E-state index in [0.29, 0.717) is 0 Å². The first kappa shape index (κ1) is 13.1. The first-order valence-corrected chi connectivity index (χ1v) is 7.15. The van der Waals surface area contributed by atoms with E-state index in [9.17, 15) is 9.59 Å². The lowest BCUT2D eigenvalue weighted by Crippen LogP contribution is -2.60. The van der Waals surface area contributed by atoms with Gasteiger partial charge in [-0.05, 0) is 18.9 Å². The first-order valence-electron chi connectivity index (χ1n) is 7.15. The third-order valence-electron chi connectivity index (χ3n) is 4.33. The number of carbonyl (C=O) groups is 2. The average molecular weight is 273 g/mol. The Hall–Kier alpha value is -1.91. The molecule has 5 heteroatoms. The molecule has 1 aliphatic heterocycles. The molecule has 0 spiro atoms. The highest BCUT2D eigenvalue weighted by Gasteiger charge is 2.43. The standard InChI is InChI=1S/C15H19N3O2/c1-10(19)17-12-5-3-4-6-13(12)18(11(2)20)15-9-16-8-7-14(15)17/h7-9,12-13H,3-6H2,1-2H3/t12-,13+/m0/s1. The van der Waals surface area contributed by atoms with Gasteiger partial charge in [0.05, 0.1) is 29.7 Å². The Morgan fingerprint density at radius 3 is 2.15 bits per heavy atom. The number of anilines is 2. The van der Waals surface area contributed by atoms with Crippen LogP contribution in [-0.2, 0) is 9.59 Å². The molecule has 1 aromatic rings. The summed E-state index contributed by atoms with van der Waals surface area (Å²) >= 11 is 0. The van der Waals surface area contributed by atoms with Crippen LogP contribution in [0.2, 0.25) is 0 Å².